The molecule has 6 N–H and O–H groups in total. The summed E-state index contributed by atoms with van der Waals surface area (Å²) in [4.78, 5) is 36.8. The van der Waals surface area contributed by atoms with E-state index in [9.17, 15) is 62.6 Å². The molecule has 2 aromatic heterocycles. The zero-order valence-electron chi connectivity index (χ0n) is 29.1. The molecule has 6 aromatic rings. The minimum atomic E-state index is -4.77. The van der Waals surface area contributed by atoms with Crippen molar-refractivity contribution in [3.05, 3.63) is 95.3 Å². The van der Waals surface area contributed by atoms with E-state index in [1.165, 1.54) is 24.3 Å². The number of Topliss-reactive ketones (excluding diaryl/α,β-unsaturated/α-hetero) is 2. The van der Waals surface area contributed by atoms with Gasteiger partial charge in [0.2, 0.25) is 11.6 Å². The molecule has 0 radical (unpaired) electrons. The third-order valence-electron chi connectivity index (χ3n) is 8.45. The third kappa shape index (κ3) is 8.21. The maximum absolute atomic E-state index is 12.6. The van der Waals surface area contributed by atoms with E-state index in [-0.39, 0.29) is 126 Å². The number of fused-ring (bicyclic) bond motifs is 4. The van der Waals surface area contributed by atoms with E-state index in [4.69, 9.17) is 9.11 Å². The molecule has 20 nitrogen and oxygen atoms in total. The third-order valence-corrected chi connectivity index (χ3v) is 11.8. The van der Waals surface area contributed by atoms with Crippen LogP contribution in [0.3, 0.4) is 0 Å². The molecule has 8 rings (SSSR count). The summed E-state index contributed by atoms with van der Waals surface area (Å²) in [7, 11) is -18.5. The van der Waals surface area contributed by atoms with Gasteiger partial charge in [0.1, 0.15) is 43.0 Å². The van der Waals surface area contributed by atoms with Crippen LogP contribution in [0.5, 0.6) is 11.5 Å². The number of hydrogen-bond acceptors (Lipinski definition) is 16. The Balaban J connectivity index is 0.000000214. The molecule has 0 saturated carbocycles. The Labute approximate surface area is 370 Å². The Morgan fingerprint density at radius 3 is 1.14 bits per heavy atom. The van der Waals surface area contributed by atoms with Crippen molar-refractivity contribution in [2.24, 2.45) is 9.98 Å². The van der Waals surface area contributed by atoms with Crippen molar-refractivity contribution in [2.45, 2.75) is 19.6 Å². The van der Waals surface area contributed by atoms with Crippen LogP contribution in [0, 0.1) is 0 Å². The molecule has 4 aromatic carbocycles. The number of rotatable bonds is 6. The average Bonchev–Trinajstić information content (AvgIpc) is 3.83. The molecule has 288 valence electrons. The molecular formula is C32H18N4Na2O16S4. The smallest absolute Gasteiger partial charge is 0.744 e. The fraction of sp³-hybridized carbons (Fsp3) is 0. The zero-order chi connectivity index (χ0) is 40.9. The fourth-order valence-electron chi connectivity index (χ4n) is 5.81. The minimum Gasteiger partial charge on any atom is -0.744 e. The maximum Gasteiger partial charge on any atom is 1.00 e. The predicted octanol–water partition coefficient (Wildman–Crippen LogP) is -3.31. The topological polar surface area (TPSA) is 354 Å². The average molecular weight is 889 g/mol. The largest absolute Gasteiger partial charge is 1.00 e. The van der Waals surface area contributed by atoms with Gasteiger partial charge < -0.3 is 29.3 Å². The monoisotopic (exact) mass is 888 g/mol. The first-order chi connectivity index (χ1) is 25.9. The van der Waals surface area contributed by atoms with Gasteiger partial charge in [-0.2, -0.15) is 16.8 Å². The van der Waals surface area contributed by atoms with E-state index in [1.54, 1.807) is 0 Å². The zero-order valence-corrected chi connectivity index (χ0v) is 36.4. The van der Waals surface area contributed by atoms with Crippen molar-refractivity contribution < 1.29 is 131 Å². The summed E-state index contributed by atoms with van der Waals surface area (Å²) >= 11 is 0. The summed E-state index contributed by atoms with van der Waals surface area (Å²) in [5.74, 6) is -2.40. The maximum atomic E-state index is 12.6. The molecule has 2 aliphatic rings. The SMILES string of the molecule is O=C1C(c2[nH]c3ccc(S(=O)(=O)O)cc3c2O)=Nc2ccc(S(=O)(=O)[O-])cc21.O=C1C(c2[nH]c3ccc(S(=O)(=O)O)cc3c2O)=Nc2ccc(S(=O)(=O)[O-])cc21.[Na+].[Na+]. The molecule has 0 bridgehead atoms. The van der Waals surface area contributed by atoms with Crippen LogP contribution in [0.4, 0.5) is 11.4 Å². The Kier molecular flexibility index (Phi) is 12.0. The van der Waals surface area contributed by atoms with Crippen LogP contribution in [-0.2, 0) is 40.5 Å². The van der Waals surface area contributed by atoms with Gasteiger partial charge in [-0.3, -0.25) is 18.7 Å². The van der Waals surface area contributed by atoms with E-state index in [0.717, 1.165) is 48.5 Å². The second kappa shape index (κ2) is 15.5. The van der Waals surface area contributed by atoms with E-state index in [2.05, 4.69) is 20.0 Å². The molecule has 2 aliphatic heterocycles. The quantitative estimate of drug-likeness (QED) is 0.0704. The number of H-pyrrole nitrogens is 2. The number of nitrogens with zero attached hydrogens (tertiary/aromatic N) is 2. The molecule has 26 heteroatoms. The van der Waals surface area contributed by atoms with Crippen molar-refractivity contribution in [1.82, 2.24) is 9.97 Å². The number of nitrogens with one attached hydrogen (secondary N) is 2. The number of ketones is 2. The molecular weight excluding hydrogens is 871 g/mol. The first kappa shape index (κ1) is 45.0. The van der Waals surface area contributed by atoms with Crippen LogP contribution in [-0.4, -0.2) is 95.1 Å². The van der Waals surface area contributed by atoms with Gasteiger partial charge in [0.25, 0.3) is 20.2 Å². The Hall–Kier alpha value is -4.12. The van der Waals surface area contributed by atoms with Gasteiger partial charge in [-0.05, 0) is 72.8 Å². The Morgan fingerprint density at radius 2 is 0.828 bits per heavy atom. The van der Waals surface area contributed by atoms with Crippen molar-refractivity contribution in [3.8, 4) is 11.5 Å². The van der Waals surface area contributed by atoms with Gasteiger partial charge in [0.05, 0.1) is 42.1 Å². The van der Waals surface area contributed by atoms with Gasteiger partial charge in [-0.1, -0.05) is 0 Å². The molecule has 0 unspecified atom stereocenters. The van der Waals surface area contributed by atoms with E-state index < -0.39 is 83.1 Å². The standard InChI is InChI=1S/2C16H10N2O8S2.2Na/c2*19-15-9-5-7(27(21,22)23)1-3-11(9)17-13(15)14-16(20)10-6-8(28(24,25)26)2-4-12(10)18-14;;/h2*1-6,17,19H,(H,21,22,23)(H,24,25,26);;/q;;2*+1/p-2. The molecule has 58 heavy (non-hydrogen) atoms. The van der Waals surface area contributed by atoms with E-state index in [0.29, 0.717) is 0 Å². The number of aliphatic imine (C=N–C) groups is 2. The number of carbonyl (C=O) groups excluding carboxylic acids is 2. The number of hydrogen-bond donors (Lipinski definition) is 6. The first-order valence-corrected chi connectivity index (χ1v) is 20.7. The summed E-state index contributed by atoms with van der Waals surface area (Å²) < 4.78 is 130. The van der Waals surface area contributed by atoms with Gasteiger partial charge in [0.15, 0.2) is 11.5 Å². The molecule has 0 saturated heterocycles. The van der Waals surface area contributed by atoms with E-state index >= 15 is 0 Å². The van der Waals surface area contributed by atoms with Crippen molar-refractivity contribution in [1.29, 1.82) is 0 Å². The number of aromatic hydroxyl groups is 2. The van der Waals surface area contributed by atoms with E-state index in [1.807, 2.05) is 0 Å². The molecule has 4 heterocycles. The summed E-state index contributed by atoms with van der Waals surface area (Å²) in [5.41, 5.74) is -0.177. The second-order valence-corrected chi connectivity index (χ2v) is 17.5. The molecule has 0 amide bonds. The Morgan fingerprint density at radius 1 is 0.500 bits per heavy atom. The van der Waals surface area contributed by atoms with Crippen molar-refractivity contribution in [3.63, 3.8) is 0 Å². The van der Waals surface area contributed by atoms with Crippen LogP contribution >= 0.6 is 0 Å². The fourth-order valence-corrected chi connectivity index (χ4v) is 7.82. The van der Waals surface area contributed by atoms with Crippen LogP contribution < -0.4 is 59.1 Å². The number of aromatic amines is 2. The van der Waals surface area contributed by atoms with Crippen molar-refractivity contribution >= 4 is 96.6 Å². The molecule has 0 fully saturated rings. The molecule has 0 aliphatic carbocycles. The van der Waals surface area contributed by atoms with Gasteiger partial charge >= 0.3 is 59.1 Å². The molecule has 0 atom stereocenters. The number of carbonyl (C=O) groups is 2. The molecule has 0 spiro atoms. The van der Waals surface area contributed by atoms with Crippen LogP contribution in [0.15, 0.2) is 102 Å². The normalized spacial score (nSPS) is 13.9. The summed E-state index contributed by atoms with van der Waals surface area (Å²) in [6.07, 6.45) is 0. The van der Waals surface area contributed by atoms with Crippen molar-refractivity contribution in [2.75, 3.05) is 0 Å². The van der Waals surface area contributed by atoms with Gasteiger partial charge in [0, 0.05) is 21.8 Å². The van der Waals surface area contributed by atoms with Crippen LogP contribution in [0.1, 0.15) is 32.1 Å². The number of aromatic nitrogens is 2. The second-order valence-electron chi connectivity index (χ2n) is 11.9. The first-order valence-electron chi connectivity index (χ1n) is 15.1. The van der Waals surface area contributed by atoms with Gasteiger partial charge in [-0.25, -0.2) is 26.8 Å². The predicted molar refractivity (Wildman–Crippen MR) is 189 cm³/mol. The Bertz CT molecular complexity index is 3100. The van der Waals surface area contributed by atoms with Crippen LogP contribution in [0.25, 0.3) is 21.8 Å². The van der Waals surface area contributed by atoms with Gasteiger partial charge in [-0.15, -0.1) is 0 Å². The summed E-state index contributed by atoms with van der Waals surface area (Å²) in [6, 6.07) is 13.1. The van der Waals surface area contributed by atoms with Crippen LogP contribution in [0.2, 0.25) is 0 Å². The summed E-state index contributed by atoms with van der Waals surface area (Å²) in [5, 5.41) is 20.9. The number of benzene rings is 4. The minimum absolute atomic E-state index is 0. The summed E-state index contributed by atoms with van der Waals surface area (Å²) in [6.45, 7) is 0.